The first-order valence-electron chi connectivity index (χ1n) is 8.48. The molecule has 6 nitrogen and oxygen atoms in total. The summed E-state index contributed by atoms with van der Waals surface area (Å²) in [5, 5.41) is 8.88. The maximum absolute atomic E-state index is 12.1. The van der Waals surface area contributed by atoms with Crippen LogP contribution >= 0.6 is 0 Å². The number of pyridine rings is 1. The van der Waals surface area contributed by atoms with Crippen molar-refractivity contribution in [1.29, 1.82) is 0 Å². The van der Waals surface area contributed by atoms with Crippen LogP contribution in [0.3, 0.4) is 0 Å². The summed E-state index contributed by atoms with van der Waals surface area (Å²) in [7, 11) is 0. The van der Waals surface area contributed by atoms with Gasteiger partial charge in [0.25, 0.3) is 5.56 Å². The molecular formula is C20H23N5O. The molecule has 0 amide bonds. The molecule has 0 unspecified atom stereocenters. The van der Waals surface area contributed by atoms with Crippen LogP contribution in [0.5, 0.6) is 0 Å². The van der Waals surface area contributed by atoms with E-state index in [0.717, 1.165) is 22.5 Å². The lowest BCUT2D eigenvalue weighted by molar-refractivity contribution is 0.659. The Morgan fingerprint density at radius 2 is 1.77 bits per heavy atom. The summed E-state index contributed by atoms with van der Waals surface area (Å²) in [6.07, 6.45) is 1.65. The average molecular weight is 349 g/mol. The van der Waals surface area contributed by atoms with Gasteiger partial charge in [-0.05, 0) is 44.9 Å². The molecule has 0 spiro atoms. The van der Waals surface area contributed by atoms with E-state index in [1.54, 1.807) is 12.3 Å². The molecule has 0 aliphatic heterocycles. The van der Waals surface area contributed by atoms with Crippen molar-refractivity contribution in [2.45, 2.75) is 34.2 Å². The molecule has 2 aromatic heterocycles. The van der Waals surface area contributed by atoms with Gasteiger partial charge in [0, 0.05) is 17.3 Å². The normalized spacial score (nSPS) is 11.4. The van der Waals surface area contributed by atoms with Gasteiger partial charge in [0.05, 0.1) is 18.5 Å². The van der Waals surface area contributed by atoms with Crippen LogP contribution in [-0.2, 0) is 6.54 Å². The SMILES string of the molecule is Cc1ccc(Cn2nc(C)c(C=Nn3c(N)cc(C)cc3=O)c2C)cc1. The zero-order valence-corrected chi connectivity index (χ0v) is 15.5. The Labute approximate surface area is 152 Å². The fraction of sp³-hybridized carbons (Fsp3) is 0.250. The molecule has 26 heavy (non-hydrogen) atoms. The highest BCUT2D eigenvalue weighted by atomic mass is 16.1. The molecule has 0 saturated carbocycles. The number of rotatable bonds is 4. The average Bonchev–Trinajstić information content (AvgIpc) is 2.83. The molecule has 2 heterocycles. The smallest absolute Gasteiger partial charge is 0.273 e. The van der Waals surface area contributed by atoms with Crippen LogP contribution in [0.1, 0.15) is 33.6 Å². The fourth-order valence-electron chi connectivity index (χ4n) is 2.88. The van der Waals surface area contributed by atoms with Gasteiger partial charge in [-0.25, -0.2) is 0 Å². The van der Waals surface area contributed by atoms with Crippen LogP contribution in [0.4, 0.5) is 5.82 Å². The van der Waals surface area contributed by atoms with E-state index in [0.29, 0.717) is 12.4 Å². The number of hydrogen-bond acceptors (Lipinski definition) is 4. The Hall–Kier alpha value is -3.15. The van der Waals surface area contributed by atoms with Crippen LogP contribution in [0, 0.1) is 27.7 Å². The zero-order valence-electron chi connectivity index (χ0n) is 15.5. The van der Waals surface area contributed by atoms with E-state index in [-0.39, 0.29) is 5.56 Å². The van der Waals surface area contributed by atoms with Crippen molar-refractivity contribution >= 4 is 12.0 Å². The summed E-state index contributed by atoms with van der Waals surface area (Å²) >= 11 is 0. The highest BCUT2D eigenvalue weighted by Crippen LogP contribution is 2.14. The first-order chi connectivity index (χ1) is 12.3. The second kappa shape index (κ2) is 7.00. The molecule has 0 aliphatic carbocycles. The highest BCUT2D eigenvalue weighted by Gasteiger charge is 2.10. The summed E-state index contributed by atoms with van der Waals surface area (Å²) in [6.45, 7) is 8.51. The van der Waals surface area contributed by atoms with E-state index in [9.17, 15) is 4.79 Å². The summed E-state index contributed by atoms with van der Waals surface area (Å²) in [5.74, 6) is 0.314. The fourth-order valence-corrected chi connectivity index (χ4v) is 2.88. The lowest BCUT2D eigenvalue weighted by Crippen LogP contribution is -2.19. The molecule has 3 aromatic rings. The van der Waals surface area contributed by atoms with Crippen LogP contribution in [0.25, 0.3) is 0 Å². The van der Waals surface area contributed by atoms with Crippen molar-refractivity contribution in [2.24, 2.45) is 5.10 Å². The van der Waals surface area contributed by atoms with E-state index in [2.05, 4.69) is 41.4 Å². The predicted octanol–water partition coefficient (Wildman–Crippen LogP) is 2.79. The molecule has 0 bridgehead atoms. The van der Waals surface area contributed by atoms with Crippen molar-refractivity contribution in [3.05, 3.63) is 80.4 Å². The Morgan fingerprint density at radius 3 is 2.42 bits per heavy atom. The largest absolute Gasteiger partial charge is 0.384 e. The Bertz CT molecular complexity index is 1030. The number of nitrogens with zero attached hydrogens (tertiary/aromatic N) is 4. The van der Waals surface area contributed by atoms with Gasteiger partial charge in [-0.15, -0.1) is 0 Å². The van der Waals surface area contributed by atoms with Crippen LogP contribution < -0.4 is 11.3 Å². The second-order valence-corrected chi connectivity index (χ2v) is 6.58. The molecule has 6 heteroatoms. The molecule has 1 aromatic carbocycles. The number of hydrogen-bond donors (Lipinski definition) is 1. The maximum atomic E-state index is 12.1. The number of benzene rings is 1. The molecule has 0 aliphatic rings. The Morgan fingerprint density at radius 1 is 1.08 bits per heavy atom. The van der Waals surface area contributed by atoms with E-state index in [1.165, 1.54) is 21.9 Å². The van der Waals surface area contributed by atoms with E-state index in [4.69, 9.17) is 5.73 Å². The van der Waals surface area contributed by atoms with Gasteiger partial charge in [0.1, 0.15) is 5.82 Å². The van der Waals surface area contributed by atoms with Gasteiger partial charge in [-0.3, -0.25) is 9.48 Å². The quantitative estimate of drug-likeness (QED) is 0.736. The van der Waals surface area contributed by atoms with Gasteiger partial charge in [0.2, 0.25) is 0 Å². The summed E-state index contributed by atoms with van der Waals surface area (Å²) < 4.78 is 3.14. The second-order valence-electron chi connectivity index (χ2n) is 6.58. The topological polar surface area (TPSA) is 78.2 Å². The maximum Gasteiger partial charge on any atom is 0.273 e. The van der Waals surface area contributed by atoms with Crippen molar-refractivity contribution in [2.75, 3.05) is 5.73 Å². The number of aromatic nitrogens is 3. The van der Waals surface area contributed by atoms with E-state index < -0.39 is 0 Å². The molecule has 134 valence electrons. The summed E-state index contributed by atoms with van der Waals surface area (Å²) in [6, 6.07) is 11.6. The number of aryl methyl sites for hydroxylation is 3. The van der Waals surface area contributed by atoms with Crippen molar-refractivity contribution in [3.8, 4) is 0 Å². The van der Waals surface area contributed by atoms with Gasteiger partial charge in [-0.1, -0.05) is 29.8 Å². The van der Waals surface area contributed by atoms with Crippen molar-refractivity contribution in [1.82, 2.24) is 14.5 Å². The predicted molar refractivity (Wildman–Crippen MR) is 105 cm³/mol. The highest BCUT2D eigenvalue weighted by molar-refractivity contribution is 5.82. The molecule has 0 saturated heterocycles. The van der Waals surface area contributed by atoms with Gasteiger partial charge in [-0.2, -0.15) is 14.9 Å². The summed E-state index contributed by atoms with van der Waals surface area (Å²) in [4.78, 5) is 12.1. The van der Waals surface area contributed by atoms with Gasteiger partial charge in [0.15, 0.2) is 0 Å². The van der Waals surface area contributed by atoms with Gasteiger partial charge < -0.3 is 5.73 Å². The third-order valence-corrected chi connectivity index (χ3v) is 4.37. The lowest BCUT2D eigenvalue weighted by atomic mass is 10.1. The van der Waals surface area contributed by atoms with Crippen molar-refractivity contribution in [3.63, 3.8) is 0 Å². The van der Waals surface area contributed by atoms with Crippen LogP contribution in [0.2, 0.25) is 0 Å². The Balaban J connectivity index is 1.91. The third-order valence-electron chi connectivity index (χ3n) is 4.37. The number of nitrogen functional groups attached to an aromatic ring is 1. The molecule has 0 atom stereocenters. The minimum Gasteiger partial charge on any atom is -0.384 e. The summed E-state index contributed by atoms with van der Waals surface area (Å²) in [5.41, 5.74) is 11.6. The first kappa shape index (κ1) is 17.7. The number of nitrogens with two attached hydrogens (primary N) is 1. The third kappa shape index (κ3) is 3.59. The molecular weight excluding hydrogens is 326 g/mol. The van der Waals surface area contributed by atoms with Crippen molar-refractivity contribution < 1.29 is 0 Å². The molecule has 2 N–H and O–H groups in total. The van der Waals surface area contributed by atoms with E-state index >= 15 is 0 Å². The first-order valence-corrected chi connectivity index (χ1v) is 8.48. The van der Waals surface area contributed by atoms with Gasteiger partial charge >= 0.3 is 0 Å². The minimum atomic E-state index is -0.249. The monoisotopic (exact) mass is 349 g/mol. The minimum absolute atomic E-state index is 0.249. The lowest BCUT2D eigenvalue weighted by Gasteiger charge is -2.06. The zero-order chi connectivity index (χ0) is 18.8. The van der Waals surface area contributed by atoms with Crippen LogP contribution in [-0.4, -0.2) is 20.7 Å². The number of anilines is 1. The molecule has 0 radical (unpaired) electrons. The van der Waals surface area contributed by atoms with Crippen LogP contribution in [0.15, 0.2) is 46.3 Å². The standard InChI is InChI=1S/C20H23N5O/c1-13-5-7-17(8-6-13)12-24-16(4)18(15(3)23-24)11-22-25-19(21)9-14(2)10-20(25)26/h5-11H,12,21H2,1-4H3. The molecule has 0 fully saturated rings. The molecule has 3 rings (SSSR count). The Kier molecular flexibility index (Phi) is 4.75. The van der Waals surface area contributed by atoms with E-state index in [1.807, 2.05) is 25.5 Å².